The quantitative estimate of drug-likeness (QED) is 0.615. The summed E-state index contributed by atoms with van der Waals surface area (Å²) in [5.74, 6) is 0.357. The number of nitrogens with zero attached hydrogens (tertiary/aromatic N) is 4. The van der Waals surface area contributed by atoms with E-state index in [0.717, 1.165) is 71.5 Å². The predicted octanol–water partition coefficient (Wildman–Crippen LogP) is 2.34. The molecule has 206 valence electrons. The zero-order valence-electron chi connectivity index (χ0n) is 22.7. The van der Waals surface area contributed by atoms with Crippen LogP contribution in [0.4, 0.5) is 9.59 Å². The standard InChI is InChI=1S/C13H24N2O3.C13H22N2O3/c2*1-3-18-12(17)14-9-6-13(2,10-14)15-7-4-11(16)5-8-15/h11,16H,3-10H2,1-2H3;3-10H2,1-2H3. The molecule has 0 radical (unpaired) electrons. The molecular formula is C26H46N4O6. The highest BCUT2D eigenvalue weighted by Crippen LogP contribution is 2.31. The van der Waals surface area contributed by atoms with E-state index in [1.54, 1.807) is 9.80 Å². The number of amides is 2. The summed E-state index contributed by atoms with van der Waals surface area (Å²) in [5, 5.41) is 9.55. The van der Waals surface area contributed by atoms with Gasteiger partial charge in [-0.2, -0.15) is 0 Å². The van der Waals surface area contributed by atoms with Crippen LogP contribution in [0.15, 0.2) is 0 Å². The fraction of sp³-hybridized carbons (Fsp3) is 0.885. The van der Waals surface area contributed by atoms with E-state index in [-0.39, 0.29) is 29.4 Å². The third-order valence-corrected chi connectivity index (χ3v) is 8.27. The molecule has 0 bridgehead atoms. The molecule has 2 atom stereocenters. The number of carbonyl (C=O) groups excluding carboxylic acids is 3. The maximum Gasteiger partial charge on any atom is 0.409 e. The predicted molar refractivity (Wildman–Crippen MR) is 136 cm³/mol. The van der Waals surface area contributed by atoms with Gasteiger partial charge in [0.2, 0.25) is 0 Å². The van der Waals surface area contributed by atoms with Gasteiger partial charge in [0.25, 0.3) is 0 Å². The van der Waals surface area contributed by atoms with Crippen molar-refractivity contribution in [2.75, 3.05) is 65.6 Å². The molecule has 10 nitrogen and oxygen atoms in total. The van der Waals surface area contributed by atoms with Gasteiger partial charge in [-0.3, -0.25) is 14.6 Å². The first-order chi connectivity index (χ1) is 17.1. The largest absolute Gasteiger partial charge is 0.450 e. The highest BCUT2D eigenvalue weighted by Gasteiger charge is 2.43. The van der Waals surface area contributed by atoms with Gasteiger partial charge in [0, 0.05) is 76.3 Å². The van der Waals surface area contributed by atoms with Crippen LogP contribution in [0.1, 0.15) is 66.2 Å². The van der Waals surface area contributed by atoms with Crippen molar-refractivity contribution in [1.29, 1.82) is 0 Å². The minimum absolute atomic E-state index is 0.00740. The summed E-state index contributed by atoms with van der Waals surface area (Å²) in [7, 11) is 0. The second kappa shape index (κ2) is 12.6. The molecule has 0 aliphatic carbocycles. The van der Waals surface area contributed by atoms with E-state index in [1.807, 2.05) is 13.8 Å². The molecule has 4 aliphatic rings. The number of rotatable bonds is 4. The lowest BCUT2D eigenvalue weighted by Gasteiger charge is -2.41. The molecule has 1 N–H and O–H groups in total. The minimum atomic E-state index is -0.214. The minimum Gasteiger partial charge on any atom is -0.450 e. The summed E-state index contributed by atoms with van der Waals surface area (Å²) in [6.07, 6.45) is 4.37. The van der Waals surface area contributed by atoms with E-state index in [4.69, 9.17) is 9.47 Å². The SMILES string of the molecule is CCOC(=O)N1CCC(C)(N2CCC(=O)CC2)C1.CCOC(=O)N1CCC(C)(N2CCC(O)CC2)C1. The first kappa shape index (κ1) is 28.7. The van der Waals surface area contributed by atoms with Crippen molar-refractivity contribution in [3.8, 4) is 0 Å². The van der Waals surface area contributed by atoms with Crippen molar-refractivity contribution in [2.24, 2.45) is 0 Å². The molecule has 10 heteroatoms. The summed E-state index contributed by atoms with van der Waals surface area (Å²) in [4.78, 5) is 43.0. The van der Waals surface area contributed by atoms with E-state index < -0.39 is 0 Å². The van der Waals surface area contributed by atoms with Crippen LogP contribution in [0.5, 0.6) is 0 Å². The van der Waals surface area contributed by atoms with Crippen LogP contribution >= 0.6 is 0 Å². The number of carbonyl (C=O) groups is 3. The number of aliphatic hydroxyl groups is 1. The van der Waals surface area contributed by atoms with Crippen molar-refractivity contribution >= 4 is 18.0 Å². The van der Waals surface area contributed by atoms with Crippen molar-refractivity contribution in [3.05, 3.63) is 0 Å². The Kier molecular flexibility index (Phi) is 10.00. The first-order valence-corrected chi connectivity index (χ1v) is 13.6. The molecule has 4 aliphatic heterocycles. The van der Waals surface area contributed by atoms with Gasteiger partial charge in [-0.15, -0.1) is 0 Å². The van der Waals surface area contributed by atoms with Gasteiger partial charge in [-0.1, -0.05) is 0 Å². The molecule has 0 spiro atoms. The third-order valence-electron chi connectivity index (χ3n) is 8.27. The highest BCUT2D eigenvalue weighted by atomic mass is 16.6. The van der Waals surface area contributed by atoms with Crippen LogP contribution < -0.4 is 0 Å². The summed E-state index contributed by atoms with van der Waals surface area (Å²) in [6, 6.07) is 0. The zero-order chi connectivity index (χ0) is 26.3. The van der Waals surface area contributed by atoms with E-state index in [0.29, 0.717) is 38.4 Å². The van der Waals surface area contributed by atoms with Gasteiger partial charge in [0.15, 0.2) is 0 Å². The fourth-order valence-corrected chi connectivity index (χ4v) is 5.85. The number of likely N-dealkylation sites (tertiary alicyclic amines) is 4. The number of ketones is 1. The van der Waals surface area contributed by atoms with E-state index in [9.17, 15) is 19.5 Å². The third kappa shape index (κ3) is 7.10. The Bertz CT molecular complexity index is 764. The van der Waals surface area contributed by atoms with Crippen molar-refractivity contribution in [3.63, 3.8) is 0 Å². The Morgan fingerprint density at radius 2 is 1.22 bits per heavy atom. The van der Waals surface area contributed by atoms with Crippen molar-refractivity contribution in [1.82, 2.24) is 19.6 Å². The van der Waals surface area contributed by atoms with Crippen LogP contribution in [-0.4, -0.2) is 125 Å². The van der Waals surface area contributed by atoms with Crippen molar-refractivity contribution in [2.45, 2.75) is 83.4 Å². The van der Waals surface area contributed by atoms with Gasteiger partial charge in [0.05, 0.1) is 19.3 Å². The van der Waals surface area contributed by atoms with Crippen LogP contribution in [0.25, 0.3) is 0 Å². The number of piperidine rings is 2. The summed E-state index contributed by atoms with van der Waals surface area (Å²) in [5.41, 5.74) is 0.0559. The van der Waals surface area contributed by atoms with Gasteiger partial charge in [0.1, 0.15) is 5.78 Å². The fourth-order valence-electron chi connectivity index (χ4n) is 5.85. The van der Waals surface area contributed by atoms with Gasteiger partial charge < -0.3 is 24.4 Å². The van der Waals surface area contributed by atoms with E-state index in [2.05, 4.69) is 23.6 Å². The Morgan fingerprint density at radius 3 is 1.64 bits per heavy atom. The monoisotopic (exact) mass is 510 g/mol. The molecule has 4 fully saturated rings. The lowest BCUT2D eigenvalue weighted by Crippen LogP contribution is -2.52. The van der Waals surface area contributed by atoms with Crippen LogP contribution in [0.2, 0.25) is 0 Å². The lowest BCUT2D eigenvalue weighted by molar-refractivity contribution is -0.122. The molecule has 36 heavy (non-hydrogen) atoms. The lowest BCUT2D eigenvalue weighted by atomic mass is 9.95. The molecule has 2 unspecified atom stereocenters. The molecule has 4 saturated heterocycles. The molecule has 0 saturated carbocycles. The van der Waals surface area contributed by atoms with Crippen LogP contribution in [-0.2, 0) is 14.3 Å². The Balaban J connectivity index is 0.000000201. The molecular weight excluding hydrogens is 464 g/mol. The summed E-state index contributed by atoms with van der Waals surface area (Å²) < 4.78 is 10.1. The Morgan fingerprint density at radius 1 is 0.806 bits per heavy atom. The molecule has 0 aromatic rings. The average molecular weight is 511 g/mol. The second-order valence-electron chi connectivity index (χ2n) is 11.0. The molecule has 0 aromatic heterocycles. The molecule has 0 aromatic carbocycles. The zero-order valence-corrected chi connectivity index (χ0v) is 22.7. The van der Waals surface area contributed by atoms with Gasteiger partial charge in [-0.05, 0) is 53.4 Å². The van der Waals surface area contributed by atoms with Crippen LogP contribution in [0, 0.1) is 0 Å². The molecule has 2 amide bonds. The van der Waals surface area contributed by atoms with Gasteiger partial charge >= 0.3 is 12.2 Å². The average Bonchev–Trinajstić information content (AvgIpc) is 3.46. The van der Waals surface area contributed by atoms with Gasteiger partial charge in [-0.25, -0.2) is 9.59 Å². The van der Waals surface area contributed by atoms with Crippen molar-refractivity contribution < 1.29 is 29.0 Å². The number of Topliss-reactive ketones (excluding diaryl/α,β-unsaturated/α-hetero) is 1. The second-order valence-corrected chi connectivity index (χ2v) is 11.0. The molecule has 4 heterocycles. The number of hydrogen-bond donors (Lipinski definition) is 1. The van der Waals surface area contributed by atoms with E-state index in [1.165, 1.54) is 0 Å². The molecule has 4 rings (SSSR count). The first-order valence-electron chi connectivity index (χ1n) is 13.6. The smallest absolute Gasteiger partial charge is 0.409 e. The maximum atomic E-state index is 11.7. The number of ether oxygens (including phenoxy) is 2. The highest BCUT2D eigenvalue weighted by molar-refractivity contribution is 5.79. The number of hydrogen-bond acceptors (Lipinski definition) is 8. The Hall–Kier alpha value is -1.91. The normalized spacial score (nSPS) is 30.2. The summed E-state index contributed by atoms with van der Waals surface area (Å²) in [6.45, 7) is 15.4. The van der Waals surface area contributed by atoms with E-state index >= 15 is 0 Å². The topological polar surface area (TPSA) is 103 Å². The maximum absolute atomic E-state index is 11.7. The summed E-state index contributed by atoms with van der Waals surface area (Å²) >= 11 is 0. The number of aliphatic hydroxyl groups excluding tert-OH is 1. The van der Waals surface area contributed by atoms with Crippen LogP contribution in [0.3, 0.4) is 0 Å². The Labute approximate surface area is 215 Å².